The van der Waals surface area contributed by atoms with Crippen LogP contribution in [0.3, 0.4) is 0 Å². The number of halogens is 1. The Labute approximate surface area is 141 Å². The third kappa shape index (κ3) is 2.45. The maximum Gasteiger partial charge on any atom is 0.352 e. The van der Waals surface area contributed by atoms with Crippen molar-refractivity contribution in [1.29, 1.82) is 0 Å². The van der Waals surface area contributed by atoms with Crippen molar-refractivity contribution < 1.29 is 14.6 Å². The first-order valence-corrected chi connectivity index (χ1v) is 7.56. The number of aromatic nitrogens is 2. The molecule has 0 amide bonds. The number of carbonyl (C=O) groups is 1. The van der Waals surface area contributed by atoms with Gasteiger partial charge in [-0.15, -0.1) is 0 Å². The van der Waals surface area contributed by atoms with Gasteiger partial charge in [-0.3, -0.25) is 4.98 Å². The molecule has 0 saturated heterocycles. The Balaban J connectivity index is 1.88. The lowest BCUT2D eigenvalue weighted by atomic mass is 10.1. The average molecular weight is 339 g/mol. The molecule has 0 aliphatic rings. The molecule has 2 aromatic heterocycles. The molecule has 6 heteroatoms. The summed E-state index contributed by atoms with van der Waals surface area (Å²) in [6.45, 7) is 0. The lowest BCUT2D eigenvalue weighted by Gasteiger charge is -2.10. The number of rotatable bonds is 3. The van der Waals surface area contributed by atoms with E-state index in [0.717, 1.165) is 10.8 Å². The van der Waals surface area contributed by atoms with E-state index in [1.54, 1.807) is 24.5 Å². The van der Waals surface area contributed by atoms with Gasteiger partial charge in [-0.05, 0) is 24.3 Å². The molecular formula is C18H11ClN2O3. The number of fused-ring (bicyclic) bond motifs is 2. The van der Waals surface area contributed by atoms with Crippen molar-refractivity contribution in [2.75, 3.05) is 0 Å². The van der Waals surface area contributed by atoms with Crippen molar-refractivity contribution in [1.82, 2.24) is 9.97 Å². The van der Waals surface area contributed by atoms with Crippen LogP contribution in [0, 0.1) is 0 Å². The standard InChI is InChI=1S/C18H11ClN2O3/c19-11-6-14-13(8-15(21-14)18(22)23)17(7-11)24-16-3-1-2-10-9-20-5-4-12(10)16/h1-9,21H,(H,22,23). The predicted molar refractivity (Wildman–Crippen MR) is 92.1 cm³/mol. The number of H-pyrrole nitrogens is 1. The highest BCUT2D eigenvalue weighted by Gasteiger charge is 2.14. The molecule has 2 aromatic carbocycles. The fraction of sp³-hybridized carbons (Fsp3) is 0. The van der Waals surface area contributed by atoms with Crippen LogP contribution in [0.15, 0.2) is 54.9 Å². The minimum Gasteiger partial charge on any atom is -0.477 e. The van der Waals surface area contributed by atoms with E-state index in [9.17, 15) is 4.79 Å². The van der Waals surface area contributed by atoms with Gasteiger partial charge in [-0.2, -0.15) is 0 Å². The largest absolute Gasteiger partial charge is 0.477 e. The van der Waals surface area contributed by atoms with Crippen LogP contribution in [0.4, 0.5) is 0 Å². The molecule has 4 rings (SSSR count). The molecule has 118 valence electrons. The third-order valence-electron chi connectivity index (χ3n) is 3.76. The number of nitrogens with zero attached hydrogens (tertiary/aromatic N) is 1. The number of carboxylic acid groups (broad SMARTS) is 1. The van der Waals surface area contributed by atoms with Crippen molar-refractivity contribution in [3.8, 4) is 11.5 Å². The highest BCUT2D eigenvalue weighted by Crippen LogP contribution is 2.36. The fourth-order valence-corrected chi connectivity index (χ4v) is 2.88. The van der Waals surface area contributed by atoms with Gasteiger partial charge in [-0.1, -0.05) is 23.7 Å². The number of nitrogens with one attached hydrogen (secondary N) is 1. The zero-order valence-corrected chi connectivity index (χ0v) is 13.0. The lowest BCUT2D eigenvalue weighted by Crippen LogP contribution is -1.94. The molecule has 0 spiro atoms. The van der Waals surface area contributed by atoms with Crippen LogP contribution in [-0.2, 0) is 0 Å². The van der Waals surface area contributed by atoms with E-state index in [2.05, 4.69) is 9.97 Å². The Bertz CT molecular complexity index is 1080. The van der Waals surface area contributed by atoms with E-state index in [0.29, 0.717) is 27.4 Å². The topological polar surface area (TPSA) is 75.2 Å². The molecule has 24 heavy (non-hydrogen) atoms. The van der Waals surface area contributed by atoms with E-state index in [4.69, 9.17) is 21.4 Å². The highest BCUT2D eigenvalue weighted by molar-refractivity contribution is 6.31. The number of hydrogen-bond donors (Lipinski definition) is 2. The molecular weight excluding hydrogens is 328 g/mol. The Morgan fingerprint density at radius 3 is 2.83 bits per heavy atom. The maximum absolute atomic E-state index is 11.2. The molecule has 0 fully saturated rings. The smallest absolute Gasteiger partial charge is 0.352 e. The van der Waals surface area contributed by atoms with Crippen LogP contribution in [0.5, 0.6) is 11.5 Å². The van der Waals surface area contributed by atoms with Gasteiger partial charge in [-0.25, -0.2) is 4.79 Å². The summed E-state index contributed by atoms with van der Waals surface area (Å²) >= 11 is 6.14. The molecule has 0 atom stereocenters. The molecule has 0 aliphatic heterocycles. The molecule has 5 nitrogen and oxygen atoms in total. The van der Waals surface area contributed by atoms with Gasteiger partial charge in [0.2, 0.25) is 0 Å². The summed E-state index contributed by atoms with van der Waals surface area (Å²) in [4.78, 5) is 18.1. The number of aromatic carboxylic acids is 1. The number of aromatic amines is 1. The molecule has 0 radical (unpaired) electrons. The van der Waals surface area contributed by atoms with Crippen molar-refractivity contribution in [3.05, 3.63) is 65.6 Å². The first kappa shape index (κ1) is 14.5. The molecule has 2 heterocycles. The first-order valence-electron chi connectivity index (χ1n) is 7.18. The predicted octanol–water partition coefficient (Wildman–Crippen LogP) is 4.86. The summed E-state index contributed by atoms with van der Waals surface area (Å²) < 4.78 is 6.05. The second kappa shape index (κ2) is 5.54. The van der Waals surface area contributed by atoms with Crippen molar-refractivity contribution >= 4 is 39.2 Å². The Morgan fingerprint density at radius 2 is 2.00 bits per heavy atom. The average Bonchev–Trinajstić information content (AvgIpc) is 2.99. The van der Waals surface area contributed by atoms with Gasteiger partial charge < -0.3 is 14.8 Å². The van der Waals surface area contributed by atoms with Gasteiger partial charge in [0.05, 0.1) is 5.52 Å². The highest BCUT2D eigenvalue weighted by atomic mass is 35.5. The molecule has 2 N–H and O–H groups in total. The second-order valence-corrected chi connectivity index (χ2v) is 5.74. The number of ether oxygens (including phenoxy) is 1. The summed E-state index contributed by atoms with van der Waals surface area (Å²) in [5.41, 5.74) is 0.691. The van der Waals surface area contributed by atoms with Crippen molar-refractivity contribution in [2.24, 2.45) is 0 Å². The van der Waals surface area contributed by atoms with Crippen molar-refractivity contribution in [3.63, 3.8) is 0 Å². The van der Waals surface area contributed by atoms with Crippen LogP contribution in [0.1, 0.15) is 10.5 Å². The Hall–Kier alpha value is -3.05. The van der Waals surface area contributed by atoms with Gasteiger partial charge >= 0.3 is 5.97 Å². The summed E-state index contributed by atoms with van der Waals surface area (Å²) in [5, 5.41) is 12.1. The zero-order valence-electron chi connectivity index (χ0n) is 12.3. The molecule has 4 aromatic rings. The van der Waals surface area contributed by atoms with E-state index in [1.807, 2.05) is 24.3 Å². The van der Waals surface area contributed by atoms with E-state index in [-0.39, 0.29) is 5.69 Å². The van der Waals surface area contributed by atoms with Crippen LogP contribution in [0.2, 0.25) is 5.02 Å². The minimum atomic E-state index is -1.04. The minimum absolute atomic E-state index is 0.0826. The quantitative estimate of drug-likeness (QED) is 0.559. The Morgan fingerprint density at radius 1 is 1.12 bits per heavy atom. The number of hydrogen-bond acceptors (Lipinski definition) is 3. The van der Waals surface area contributed by atoms with Crippen LogP contribution in [0.25, 0.3) is 21.7 Å². The van der Waals surface area contributed by atoms with Crippen LogP contribution >= 0.6 is 11.6 Å². The normalized spacial score (nSPS) is 11.0. The maximum atomic E-state index is 11.2. The summed E-state index contributed by atoms with van der Waals surface area (Å²) in [6.07, 6.45) is 3.45. The SMILES string of the molecule is O=C(O)c1cc2c(Oc3cccc4cnccc34)cc(Cl)cc2[nH]1. The first-order chi connectivity index (χ1) is 11.6. The molecule has 0 aliphatic carbocycles. The second-order valence-electron chi connectivity index (χ2n) is 5.31. The van der Waals surface area contributed by atoms with Crippen LogP contribution < -0.4 is 4.74 Å². The summed E-state index contributed by atoms with van der Waals surface area (Å²) in [6, 6.07) is 12.4. The number of benzene rings is 2. The summed E-state index contributed by atoms with van der Waals surface area (Å²) in [7, 11) is 0. The van der Waals surface area contributed by atoms with Crippen molar-refractivity contribution in [2.45, 2.75) is 0 Å². The van der Waals surface area contributed by atoms with Gasteiger partial charge in [0.1, 0.15) is 17.2 Å². The van der Waals surface area contributed by atoms with Gasteiger partial charge in [0, 0.05) is 39.6 Å². The monoisotopic (exact) mass is 338 g/mol. The van der Waals surface area contributed by atoms with E-state index < -0.39 is 5.97 Å². The molecule has 0 bridgehead atoms. The van der Waals surface area contributed by atoms with Crippen LogP contribution in [-0.4, -0.2) is 21.0 Å². The van der Waals surface area contributed by atoms with Gasteiger partial charge in [0.25, 0.3) is 0 Å². The number of pyridine rings is 1. The summed E-state index contributed by atoms with van der Waals surface area (Å²) in [5.74, 6) is 0.103. The lowest BCUT2D eigenvalue weighted by molar-refractivity contribution is 0.0691. The Kier molecular flexibility index (Phi) is 3.36. The van der Waals surface area contributed by atoms with Gasteiger partial charge in [0.15, 0.2) is 0 Å². The molecule has 0 saturated carbocycles. The third-order valence-corrected chi connectivity index (χ3v) is 3.97. The fourth-order valence-electron chi connectivity index (χ4n) is 2.67. The number of carboxylic acids is 1. The molecule has 0 unspecified atom stereocenters. The van der Waals surface area contributed by atoms with E-state index >= 15 is 0 Å². The van der Waals surface area contributed by atoms with E-state index in [1.165, 1.54) is 6.07 Å². The zero-order chi connectivity index (χ0) is 16.7.